The number of carbonyl (C=O) groups is 1. The monoisotopic (exact) mass is 420 g/mol. The molecule has 1 aliphatic heterocycles. The quantitative estimate of drug-likeness (QED) is 0.692. The van der Waals surface area contributed by atoms with Crippen molar-refractivity contribution in [2.45, 2.75) is 37.8 Å². The number of benzene rings is 3. The molecule has 0 aliphatic carbocycles. The Morgan fingerprint density at radius 1 is 0.867 bits per heavy atom. The maximum Gasteiger partial charge on any atom is 0.244 e. The zero-order valence-electron chi connectivity index (χ0n) is 17.0. The van der Waals surface area contributed by atoms with Crippen molar-refractivity contribution in [3.8, 4) is 0 Å². The van der Waals surface area contributed by atoms with E-state index in [9.17, 15) is 13.2 Å². The van der Waals surface area contributed by atoms with Gasteiger partial charge in [0.15, 0.2) is 0 Å². The fourth-order valence-corrected chi connectivity index (χ4v) is 5.25. The Balaban J connectivity index is 1.70. The van der Waals surface area contributed by atoms with Gasteiger partial charge in [-0.3, -0.25) is 4.79 Å². The molecule has 0 radical (unpaired) electrons. The van der Waals surface area contributed by atoms with Gasteiger partial charge in [-0.1, -0.05) is 59.7 Å². The third-order valence-corrected chi connectivity index (χ3v) is 7.32. The van der Waals surface area contributed by atoms with Crippen LogP contribution < -0.4 is 5.32 Å². The number of anilines is 1. The van der Waals surface area contributed by atoms with Crippen molar-refractivity contribution in [2.75, 3.05) is 5.32 Å². The van der Waals surface area contributed by atoms with Gasteiger partial charge >= 0.3 is 0 Å². The first-order chi connectivity index (χ1) is 14.3. The van der Waals surface area contributed by atoms with Crippen LogP contribution in [0.4, 0.5) is 5.69 Å². The minimum absolute atomic E-state index is 0.165. The van der Waals surface area contributed by atoms with E-state index in [0.717, 1.165) is 22.3 Å². The Bertz CT molecular complexity index is 1170. The molecule has 0 unspecified atom stereocenters. The third kappa shape index (κ3) is 4.01. The molecule has 0 fully saturated rings. The van der Waals surface area contributed by atoms with Crippen LogP contribution in [-0.2, 0) is 27.8 Å². The first-order valence-corrected chi connectivity index (χ1v) is 11.3. The maximum absolute atomic E-state index is 13.5. The molecule has 4 rings (SSSR count). The molecule has 1 amide bonds. The van der Waals surface area contributed by atoms with Gasteiger partial charge in [0.05, 0.1) is 4.90 Å². The van der Waals surface area contributed by atoms with Crippen molar-refractivity contribution < 1.29 is 13.2 Å². The van der Waals surface area contributed by atoms with Gasteiger partial charge in [0.1, 0.15) is 6.04 Å². The van der Waals surface area contributed by atoms with Gasteiger partial charge in [-0.25, -0.2) is 8.42 Å². The van der Waals surface area contributed by atoms with E-state index in [2.05, 4.69) is 5.32 Å². The van der Waals surface area contributed by atoms with Crippen LogP contribution in [0, 0.1) is 13.8 Å². The molecule has 154 valence electrons. The summed E-state index contributed by atoms with van der Waals surface area (Å²) in [7, 11) is -3.84. The molecule has 1 N–H and O–H groups in total. The molecule has 30 heavy (non-hydrogen) atoms. The number of amides is 1. The second kappa shape index (κ2) is 8.05. The van der Waals surface area contributed by atoms with Crippen LogP contribution >= 0.6 is 0 Å². The molecular weight excluding hydrogens is 396 g/mol. The summed E-state index contributed by atoms with van der Waals surface area (Å²) in [5, 5.41) is 2.89. The molecule has 1 heterocycles. The molecule has 3 aromatic rings. The highest BCUT2D eigenvalue weighted by molar-refractivity contribution is 7.89. The van der Waals surface area contributed by atoms with E-state index in [-0.39, 0.29) is 17.3 Å². The normalized spacial score (nSPS) is 16.7. The fourth-order valence-electron chi connectivity index (χ4n) is 3.68. The second-order valence-corrected chi connectivity index (χ2v) is 9.60. The van der Waals surface area contributed by atoms with E-state index in [1.54, 1.807) is 24.3 Å². The molecule has 1 atom stereocenters. The number of fused-ring (bicyclic) bond motifs is 1. The number of rotatable bonds is 4. The second-order valence-electron chi connectivity index (χ2n) is 7.71. The minimum Gasteiger partial charge on any atom is -0.325 e. The molecule has 0 spiro atoms. The van der Waals surface area contributed by atoms with E-state index in [4.69, 9.17) is 0 Å². The number of hydrogen-bond donors (Lipinski definition) is 1. The molecule has 1 aliphatic rings. The van der Waals surface area contributed by atoms with Crippen LogP contribution in [0.15, 0.2) is 77.7 Å². The standard InChI is InChI=1S/C24H24N2O3S/c1-17-7-11-21(12-8-17)25-24(27)23-15-19-5-3-4-6-20(19)16-26(23)30(28,29)22-13-9-18(2)10-14-22/h3-14,23H,15-16H2,1-2H3,(H,25,27)/t23-/m0/s1. The van der Waals surface area contributed by atoms with Crippen molar-refractivity contribution in [3.63, 3.8) is 0 Å². The van der Waals surface area contributed by atoms with Crippen LogP contribution in [0.5, 0.6) is 0 Å². The minimum atomic E-state index is -3.84. The predicted octanol–water partition coefficient (Wildman–Crippen LogP) is 4.06. The number of hydrogen-bond acceptors (Lipinski definition) is 3. The van der Waals surface area contributed by atoms with E-state index in [1.807, 2.05) is 62.4 Å². The molecule has 3 aromatic carbocycles. The van der Waals surface area contributed by atoms with Crippen LogP contribution in [0.2, 0.25) is 0 Å². The molecule has 0 saturated heterocycles. The first kappa shape index (κ1) is 20.3. The summed E-state index contributed by atoms with van der Waals surface area (Å²) < 4.78 is 28.3. The Labute approximate surface area is 177 Å². The van der Waals surface area contributed by atoms with Gasteiger partial charge in [0.2, 0.25) is 15.9 Å². The lowest BCUT2D eigenvalue weighted by Crippen LogP contribution is -2.50. The van der Waals surface area contributed by atoms with E-state index >= 15 is 0 Å². The number of nitrogens with one attached hydrogen (secondary N) is 1. The smallest absolute Gasteiger partial charge is 0.244 e. The highest BCUT2D eigenvalue weighted by Crippen LogP contribution is 2.30. The van der Waals surface area contributed by atoms with E-state index in [1.165, 1.54) is 4.31 Å². The summed E-state index contributed by atoms with van der Waals surface area (Å²) in [5.74, 6) is -0.330. The molecule has 0 bridgehead atoms. The fraction of sp³-hybridized carbons (Fsp3) is 0.208. The van der Waals surface area contributed by atoms with Gasteiger partial charge in [-0.2, -0.15) is 4.31 Å². The van der Waals surface area contributed by atoms with Crippen molar-refractivity contribution in [3.05, 3.63) is 95.1 Å². The summed E-state index contributed by atoms with van der Waals surface area (Å²) in [6, 6.07) is 21.1. The van der Waals surface area contributed by atoms with Gasteiger partial charge in [0, 0.05) is 12.2 Å². The van der Waals surface area contributed by atoms with Crippen molar-refractivity contribution >= 4 is 21.6 Å². The van der Waals surface area contributed by atoms with E-state index < -0.39 is 16.1 Å². The summed E-state index contributed by atoms with van der Waals surface area (Å²) in [6.07, 6.45) is 0.332. The molecule has 5 nitrogen and oxygen atoms in total. The van der Waals surface area contributed by atoms with Crippen LogP contribution in [-0.4, -0.2) is 24.7 Å². The van der Waals surface area contributed by atoms with Crippen molar-refractivity contribution in [1.82, 2.24) is 4.31 Å². The summed E-state index contributed by atoms with van der Waals surface area (Å²) in [5.41, 5.74) is 4.64. The molecular formula is C24H24N2O3S. The Morgan fingerprint density at radius 2 is 1.43 bits per heavy atom. The number of carbonyl (C=O) groups excluding carboxylic acids is 1. The summed E-state index contributed by atoms with van der Waals surface area (Å²) in [4.78, 5) is 13.4. The average molecular weight is 421 g/mol. The first-order valence-electron chi connectivity index (χ1n) is 9.87. The van der Waals surface area contributed by atoms with E-state index in [0.29, 0.717) is 12.1 Å². The predicted molar refractivity (Wildman–Crippen MR) is 118 cm³/mol. The highest BCUT2D eigenvalue weighted by Gasteiger charge is 2.39. The number of aryl methyl sites for hydroxylation is 2. The van der Waals surface area contributed by atoms with Crippen LogP contribution in [0.1, 0.15) is 22.3 Å². The summed E-state index contributed by atoms with van der Waals surface area (Å²) >= 11 is 0. The third-order valence-electron chi connectivity index (χ3n) is 5.45. The van der Waals surface area contributed by atoms with Crippen LogP contribution in [0.3, 0.4) is 0 Å². The zero-order chi connectivity index (χ0) is 21.3. The average Bonchev–Trinajstić information content (AvgIpc) is 2.74. The maximum atomic E-state index is 13.5. The largest absolute Gasteiger partial charge is 0.325 e. The molecule has 0 aromatic heterocycles. The lowest BCUT2D eigenvalue weighted by molar-refractivity contribution is -0.120. The van der Waals surface area contributed by atoms with Crippen molar-refractivity contribution in [1.29, 1.82) is 0 Å². The molecule has 6 heteroatoms. The SMILES string of the molecule is Cc1ccc(NC(=O)[C@@H]2Cc3ccccc3CN2S(=O)(=O)c2ccc(C)cc2)cc1. The Kier molecular flexibility index (Phi) is 5.45. The zero-order valence-corrected chi connectivity index (χ0v) is 17.8. The lowest BCUT2D eigenvalue weighted by Gasteiger charge is -2.35. The van der Waals surface area contributed by atoms with Gasteiger partial charge in [-0.15, -0.1) is 0 Å². The Hall–Kier alpha value is -2.96. The molecule has 0 saturated carbocycles. The van der Waals surface area contributed by atoms with Crippen molar-refractivity contribution in [2.24, 2.45) is 0 Å². The number of sulfonamides is 1. The number of nitrogens with zero attached hydrogens (tertiary/aromatic N) is 1. The lowest BCUT2D eigenvalue weighted by atomic mass is 9.95. The highest BCUT2D eigenvalue weighted by atomic mass is 32.2. The Morgan fingerprint density at radius 3 is 2.07 bits per heavy atom. The topological polar surface area (TPSA) is 66.5 Å². The van der Waals surface area contributed by atoms with Gasteiger partial charge in [0.25, 0.3) is 0 Å². The van der Waals surface area contributed by atoms with Gasteiger partial charge < -0.3 is 5.32 Å². The van der Waals surface area contributed by atoms with Gasteiger partial charge in [-0.05, 0) is 55.7 Å². The van der Waals surface area contributed by atoms with Crippen LogP contribution in [0.25, 0.3) is 0 Å². The summed E-state index contributed by atoms with van der Waals surface area (Å²) in [6.45, 7) is 4.04.